The lowest BCUT2D eigenvalue weighted by Gasteiger charge is -2.10. The molecule has 0 saturated carbocycles. The van der Waals surface area contributed by atoms with Crippen molar-refractivity contribution in [3.8, 4) is 5.75 Å². The summed E-state index contributed by atoms with van der Waals surface area (Å²) in [6.07, 6.45) is 0. The van der Waals surface area contributed by atoms with E-state index in [0.29, 0.717) is 18.2 Å². The normalized spacial score (nSPS) is 10.8. The summed E-state index contributed by atoms with van der Waals surface area (Å²) in [6.45, 7) is 3.28. The molecule has 0 aliphatic rings. The number of nitrogens with zero attached hydrogens (tertiary/aromatic N) is 2. The average molecular weight is 320 g/mol. The Morgan fingerprint density at radius 1 is 1.24 bits per heavy atom. The van der Waals surface area contributed by atoms with Crippen molar-refractivity contribution in [3.63, 3.8) is 0 Å². The number of anilines is 1. The first kappa shape index (κ1) is 14.1. The molecule has 1 aromatic heterocycles. The first-order valence-electron chi connectivity index (χ1n) is 6.64. The third-order valence-electron chi connectivity index (χ3n) is 3.06. The quantitative estimate of drug-likeness (QED) is 0.759. The molecule has 0 saturated heterocycles. The Morgan fingerprint density at radius 3 is 3.00 bits per heavy atom. The van der Waals surface area contributed by atoms with Gasteiger partial charge in [0.2, 0.25) is 0 Å². The second kappa shape index (κ2) is 6.28. The van der Waals surface area contributed by atoms with Crippen LogP contribution in [0.2, 0.25) is 5.02 Å². The summed E-state index contributed by atoms with van der Waals surface area (Å²) >= 11 is 7.44. The zero-order valence-corrected chi connectivity index (χ0v) is 13.0. The van der Waals surface area contributed by atoms with Crippen LogP contribution in [0, 0.1) is 0 Å². The van der Waals surface area contributed by atoms with Gasteiger partial charge in [-0.25, -0.2) is 0 Å². The lowest BCUT2D eigenvalue weighted by atomic mass is 10.2. The van der Waals surface area contributed by atoms with Gasteiger partial charge in [0.15, 0.2) is 0 Å². The predicted molar refractivity (Wildman–Crippen MR) is 87.4 cm³/mol. The summed E-state index contributed by atoms with van der Waals surface area (Å²) < 4.78 is 14.0. The van der Waals surface area contributed by atoms with Crippen molar-refractivity contribution in [3.05, 3.63) is 47.0 Å². The average Bonchev–Trinajstić information content (AvgIpc) is 2.95. The molecule has 0 radical (unpaired) electrons. The predicted octanol–water partition coefficient (Wildman–Crippen LogP) is 4.36. The lowest BCUT2D eigenvalue weighted by Crippen LogP contribution is -2.01. The first-order valence-corrected chi connectivity index (χ1v) is 7.75. The maximum atomic E-state index is 6.26. The van der Waals surface area contributed by atoms with E-state index >= 15 is 0 Å². The highest BCUT2D eigenvalue weighted by Crippen LogP contribution is 2.30. The van der Waals surface area contributed by atoms with Gasteiger partial charge in [-0.15, -0.1) is 0 Å². The Hall–Kier alpha value is -1.85. The minimum Gasteiger partial charge on any atom is -0.494 e. The molecular weight excluding hydrogens is 306 g/mol. The van der Waals surface area contributed by atoms with Crippen LogP contribution >= 0.6 is 23.3 Å². The van der Waals surface area contributed by atoms with Gasteiger partial charge in [-0.3, -0.25) is 0 Å². The number of hydrogen-bond donors (Lipinski definition) is 1. The summed E-state index contributed by atoms with van der Waals surface area (Å²) in [7, 11) is 0. The van der Waals surface area contributed by atoms with Crippen LogP contribution < -0.4 is 10.1 Å². The van der Waals surface area contributed by atoms with E-state index in [9.17, 15) is 0 Å². The van der Waals surface area contributed by atoms with E-state index in [2.05, 4.69) is 14.1 Å². The van der Waals surface area contributed by atoms with E-state index in [0.717, 1.165) is 28.0 Å². The molecule has 3 rings (SSSR count). The number of rotatable bonds is 5. The molecule has 0 amide bonds. The maximum absolute atomic E-state index is 6.26. The third-order valence-corrected chi connectivity index (χ3v) is 3.91. The van der Waals surface area contributed by atoms with E-state index in [-0.39, 0.29) is 0 Å². The van der Waals surface area contributed by atoms with Gasteiger partial charge < -0.3 is 10.1 Å². The molecule has 6 heteroatoms. The van der Waals surface area contributed by atoms with E-state index in [4.69, 9.17) is 16.3 Å². The van der Waals surface area contributed by atoms with Gasteiger partial charge in [0.1, 0.15) is 16.8 Å². The SMILES string of the molecule is CCOc1cccc(CNc2c(Cl)ccc3nsnc23)c1. The lowest BCUT2D eigenvalue weighted by molar-refractivity contribution is 0.340. The van der Waals surface area contributed by atoms with Crippen molar-refractivity contribution in [1.82, 2.24) is 8.75 Å². The molecule has 0 aliphatic carbocycles. The summed E-state index contributed by atoms with van der Waals surface area (Å²) in [5, 5.41) is 3.99. The second-order valence-electron chi connectivity index (χ2n) is 4.49. The molecule has 0 unspecified atom stereocenters. The summed E-state index contributed by atoms with van der Waals surface area (Å²) in [5.41, 5.74) is 3.62. The highest BCUT2D eigenvalue weighted by atomic mass is 35.5. The van der Waals surface area contributed by atoms with E-state index in [1.807, 2.05) is 43.3 Å². The minimum atomic E-state index is 0.649. The molecule has 2 aromatic carbocycles. The molecule has 0 fully saturated rings. The monoisotopic (exact) mass is 319 g/mol. The largest absolute Gasteiger partial charge is 0.494 e. The number of halogens is 1. The molecular formula is C15H14ClN3OS. The highest BCUT2D eigenvalue weighted by molar-refractivity contribution is 7.00. The molecule has 0 spiro atoms. The van der Waals surface area contributed by atoms with Gasteiger partial charge >= 0.3 is 0 Å². The third kappa shape index (κ3) is 3.09. The fraction of sp³-hybridized carbons (Fsp3) is 0.200. The van der Waals surface area contributed by atoms with Crippen LogP contribution in [0.25, 0.3) is 11.0 Å². The van der Waals surface area contributed by atoms with Crippen LogP contribution in [0.3, 0.4) is 0 Å². The molecule has 1 heterocycles. The summed E-state index contributed by atoms with van der Waals surface area (Å²) in [4.78, 5) is 0. The molecule has 1 N–H and O–H groups in total. The number of nitrogens with one attached hydrogen (secondary N) is 1. The van der Waals surface area contributed by atoms with Gasteiger partial charge in [0.05, 0.1) is 29.0 Å². The second-order valence-corrected chi connectivity index (χ2v) is 5.42. The van der Waals surface area contributed by atoms with Gasteiger partial charge in [-0.1, -0.05) is 23.7 Å². The number of hydrogen-bond acceptors (Lipinski definition) is 5. The number of benzene rings is 2. The fourth-order valence-corrected chi connectivity index (χ4v) is 2.86. The molecule has 4 nitrogen and oxygen atoms in total. The van der Waals surface area contributed by atoms with Crippen LogP contribution in [0.4, 0.5) is 5.69 Å². The van der Waals surface area contributed by atoms with E-state index in [1.165, 1.54) is 11.7 Å². The Balaban J connectivity index is 1.81. The molecule has 0 bridgehead atoms. The summed E-state index contributed by atoms with van der Waals surface area (Å²) in [6, 6.07) is 11.7. The Kier molecular flexibility index (Phi) is 4.22. The molecule has 21 heavy (non-hydrogen) atoms. The number of ether oxygens (including phenoxy) is 1. The zero-order chi connectivity index (χ0) is 14.7. The standard InChI is InChI=1S/C15H14ClN3OS/c1-2-20-11-5-3-4-10(8-11)9-17-14-12(16)6-7-13-15(14)19-21-18-13/h3-8,17H,2,9H2,1H3. The van der Waals surface area contributed by atoms with Crippen LogP contribution in [-0.4, -0.2) is 15.4 Å². The van der Waals surface area contributed by atoms with Crippen molar-refractivity contribution >= 4 is 40.0 Å². The van der Waals surface area contributed by atoms with Crippen LogP contribution in [0.1, 0.15) is 12.5 Å². The number of fused-ring (bicyclic) bond motifs is 1. The van der Waals surface area contributed by atoms with Gasteiger partial charge in [0, 0.05) is 6.54 Å². The van der Waals surface area contributed by atoms with Crippen molar-refractivity contribution in [2.45, 2.75) is 13.5 Å². The van der Waals surface area contributed by atoms with Gasteiger partial charge in [-0.05, 0) is 36.8 Å². The van der Waals surface area contributed by atoms with E-state index < -0.39 is 0 Å². The van der Waals surface area contributed by atoms with Crippen LogP contribution in [0.15, 0.2) is 36.4 Å². The van der Waals surface area contributed by atoms with Gasteiger partial charge in [-0.2, -0.15) is 8.75 Å². The molecule has 0 aliphatic heterocycles. The summed E-state index contributed by atoms with van der Waals surface area (Å²) in [5.74, 6) is 0.872. The topological polar surface area (TPSA) is 47.0 Å². The van der Waals surface area contributed by atoms with Gasteiger partial charge in [0.25, 0.3) is 0 Å². The first-order chi connectivity index (χ1) is 10.3. The highest BCUT2D eigenvalue weighted by Gasteiger charge is 2.09. The Morgan fingerprint density at radius 2 is 2.14 bits per heavy atom. The molecule has 0 atom stereocenters. The van der Waals surface area contributed by atoms with Crippen molar-refractivity contribution in [1.29, 1.82) is 0 Å². The van der Waals surface area contributed by atoms with Crippen molar-refractivity contribution < 1.29 is 4.74 Å². The molecule has 108 valence electrons. The Bertz CT molecular complexity index is 760. The van der Waals surface area contributed by atoms with Crippen molar-refractivity contribution in [2.24, 2.45) is 0 Å². The molecule has 3 aromatic rings. The van der Waals surface area contributed by atoms with E-state index in [1.54, 1.807) is 0 Å². The zero-order valence-electron chi connectivity index (χ0n) is 11.5. The Labute approximate surface area is 132 Å². The smallest absolute Gasteiger partial charge is 0.129 e. The van der Waals surface area contributed by atoms with Crippen LogP contribution in [0.5, 0.6) is 5.75 Å². The minimum absolute atomic E-state index is 0.649. The fourth-order valence-electron chi connectivity index (χ4n) is 2.10. The van der Waals surface area contributed by atoms with Crippen LogP contribution in [-0.2, 0) is 6.54 Å². The van der Waals surface area contributed by atoms with Crippen molar-refractivity contribution in [2.75, 3.05) is 11.9 Å². The maximum Gasteiger partial charge on any atom is 0.129 e. The number of aromatic nitrogens is 2.